The van der Waals surface area contributed by atoms with Crippen LogP contribution in [0, 0.1) is 0 Å². The molecule has 0 amide bonds. The topological polar surface area (TPSA) is 41.6 Å². The Bertz CT molecular complexity index is 449. The quantitative estimate of drug-likeness (QED) is 0.847. The Kier molecular flexibility index (Phi) is 2.86. The number of halogens is 1. The molecule has 3 nitrogen and oxygen atoms in total. The Balaban J connectivity index is 2.49. The summed E-state index contributed by atoms with van der Waals surface area (Å²) in [6, 6.07) is 5.87. The first-order valence-electron chi connectivity index (χ1n) is 4.85. The highest BCUT2D eigenvalue weighted by molar-refractivity contribution is 9.10. The molecule has 0 saturated carbocycles. The number of hydrogen-bond donors (Lipinski definition) is 1. The van der Waals surface area contributed by atoms with Crippen LogP contribution in [0.1, 0.15) is 25.6 Å². The molecule has 0 unspecified atom stereocenters. The van der Waals surface area contributed by atoms with Crippen LogP contribution in [-0.4, -0.2) is 15.0 Å². The zero-order chi connectivity index (χ0) is 10.8. The molecule has 78 valence electrons. The summed E-state index contributed by atoms with van der Waals surface area (Å²) in [6.45, 7) is 4.17. The number of H-pyrrole nitrogens is 1. The highest BCUT2D eigenvalue weighted by Gasteiger charge is 2.08. The molecule has 0 fully saturated rings. The molecule has 2 heterocycles. The second kappa shape index (κ2) is 4.14. The lowest BCUT2D eigenvalue weighted by molar-refractivity contribution is 0.771. The lowest BCUT2D eigenvalue weighted by Crippen LogP contribution is -1.99. The van der Waals surface area contributed by atoms with E-state index in [1.54, 1.807) is 0 Å². The van der Waals surface area contributed by atoms with Crippen molar-refractivity contribution in [3.05, 3.63) is 34.8 Å². The van der Waals surface area contributed by atoms with Crippen molar-refractivity contribution in [1.29, 1.82) is 0 Å². The smallest absolute Gasteiger partial charge is 0.132 e. The van der Waals surface area contributed by atoms with Gasteiger partial charge in [-0.2, -0.15) is 0 Å². The molecule has 0 atom stereocenters. The molecule has 0 spiro atoms. The maximum atomic E-state index is 4.50. The summed E-state index contributed by atoms with van der Waals surface area (Å²) in [5.74, 6) is 1.19. The number of nitrogens with one attached hydrogen (secondary N) is 1. The van der Waals surface area contributed by atoms with Crippen molar-refractivity contribution in [2.45, 2.75) is 19.8 Å². The minimum atomic E-state index is 0.330. The Morgan fingerprint density at radius 2 is 2.13 bits per heavy atom. The van der Waals surface area contributed by atoms with E-state index in [2.05, 4.69) is 44.7 Å². The van der Waals surface area contributed by atoms with E-state index in [0.717, 1.165) is 21.8 Å². The van der Waals surface area contributed by atoms with E-state index in [1.165, 1.54) is 0 Å². The SMILES string of the molecule is CC(C)c1nc(Br)cc(-c2ccc[nH]2)n1. The standard InChI is InChI=1S/C11H12BrN3/c1-7(2)11-14-9(6-10(12)15-11)8-4-3-5-13-8/h3-7,13H,1-2H3. The van der Waals surface area contributed by atoms with Crippen LogP contribution in [0.3, 0.4) is 0 Å². The predicted octanol–water partition coefficient (Wildman–Crippen LogP) is 3.36. The molecule has 2 aromatic rings. The summed E-state index contributed by atoms with van der Waals surface area (Å²) < 4.78 is 0.825. The van der Waals surface area contributed by atoms with Crippen LogP contribution < -0.4 is 0 Å². The number of aromatic nitrogens is 3. The highest BCUT2D eigenvalue weighted by atomic mass is 79.9. The van der Waals surface area contributed by atoms with Crippen molar-refractivity contribution in [2.75, 3.05) is 0 Å². The molecule has 2 rings (SSSR count). The number of rotatable bonds is 2. The van der Waals surface area contributed by atoms with E-state index in [0.29, 0.717) is 5.92 Å². The fourth-order valence-electron chi connectivity index (χ4n) is 1.32. The average Bonchev–Trinajstić information content (AvgIpc) is 2.69. The molecule has 1 N–H and O–H groups in total. The van der Waals surface area contributed by atoms with E-state index >= 15 is 0 Å². The molecule has 0 aliphatic carbocycles. The lowest BCUT2D eigenvalue weighted by Gasteiger charge is -2.06. The summed E-state index contributed by atoms with van der Waals surface area (Å²) in [5, 5.41) is 0. The Labute approximate surface area is 97.1 Å². The summed E-state index contributed by atoms with van der Waals surface area (Å²) in [7, 11) is 0. The van der Waals surface area contributed by atoms with Gasteiger partial charge in [0.15, 0.2) is 0 Å². The van der Waals surface area contributed by atoms with Gasteiger partial charge in [0, 0.05) is 12.1 Å². The molecule has 15 heavy (non-hydrogen) atoms. The molecule has 0 aliphatic rings. The largest absolute Gasteiger partial charge is 0.360 e. The second-order valence-corrected chi connectivity index (χ2v) is 4.49. The van der Waals surface area contributed by atoms with Gasteiger partial charge in [-0.25, -0.2) is 9.97 Å². The second-order valence-electron chi connectivity index (χ2n) is 3.67. The van der Waals surface area contributed by atoms with Gasteiger partial charge < -0.3 is 4.98 Å². The van der Waals surface area contributed by atoms with Crippen LogP contribution in [-0.2, 0) is 0 Å². The molecule has 0 aliphatic heterocycles. The van der Waals surface area contributed by atoms with E-state index in [-0.39, 0.29) is 0 Å². The van der Waals surface area contributed by atoms with E-state index in [9.17, 15) is 0 Å². The fourth-order valence-corrected chi connectivity index (χ4v) is 1.72. The van der Waals surface area contributed by atoms with Gasteiger partial charge in [-0.15, -0.1) is 0 Å². The van der Waals surface area contributed by atoms with Crippen molar-refractivity contribution >= 4 is 15.9 Å². The van der Waals surface area contributed by atoms with Gasteiger partial charge in [-0.1, -0.05) is 13.8 Å². The molecule has 0 aromatic carbocycles. The lowest BCUT2D eigenvalue weighted by atomic mass is 10.2. The monoisotopic (exact) mass is 265 g/mol. The van der Waals surface area contributed by atoms with Gasteiger partial charge >= 0.3 is 0 Å². The summed E-state index contributed by atoms with van der Waals surface area (Å²) in [4.78, 5) is 12.0. The maximum Gasteiger partial charge on any atom is 0.132 e. The first-order chi connectivity index (χ1) is 7.16. The van der Waals surface area contributed by atoms with Crippen LogP contribution in [0.15, 0.2) is 29.0 Å². The molecule has 4 heteroatoms. The van der Waals surface area contributed by atoms with Gasteiger partial charge in [-0.3, -0.25) is 0 Å². The van der Waals surface area contributed by atoms with E-state index < -0.39 is 0 Å². The normalized spacial score (nSPS) is 10.9. The Morgan fingerprint density at radius 3 is 2.73 bits per heavy atom. The third-order valence-corrected chi connectivity index (χ3v) is 2.51. The minimum absolute atomic E-state index is 0.330. The average molecular weight is 266 g/mol. The van der Waals surface area contributed by atoms with Crippen molar-refractivity contribution in [1.82, 2.24) is 15.0 Å². The van der Waals surface area contributed by atoms with Gasteiger partial charge in [0.25, 0.3) is 0 Å². The van der Waals surface area contributed by atoms with Gasteiger partial charge in [0.2, 0.25) is 0 Å². The predicted molar refractivity (Wildman–Crippen MR) is 63.6 cm³/mol. The zero-order valence-electron chi connectivity index (χ0n) is 8.66. The van der Waals surface area contributed by atoms with E-state index in [1.807, 2.05) is 24.4 Å². The van der Waals surface area contributed by atoms with Crippen LogP contribution in [0.25, 0.3) is 11.4 Å². The van der Waals surface area contributed by atoms with Crippen molar-refractivity contribution in [3.8, 4) is 11.4 Å². The van der Waals surface area contributed by atoms with Crippen molar-refractivity contribution in [3.63, 3.8) is 0 Å². The number of nitrogens with zero attached hydrogens (tertiary/aromatic N) is 2. The molecule has 0 radical (unpaired) electrons. The molecule has 2 aromatic heterocycles. The molecule has 0 saturated heterocycles. The first-order valence-corrected chi connectivity index (χ1v) is 5.64. The third-order valence-electron chi connectivity index (χ3n) is 2.10. The Hall–Kier alpha value is -1.16. The number of hydrogen-bond acceptors (Lipinski definition) is 2. The van der Waals surface area contributed by atoms with Crippen LogP contribution in [0.4, 0.5) is 0 Å². The summed E-state index contributed by atoms with van der Waals surface area (Å²) in [6.07, 6.45) is 1.89. The van der Waals surface area contributed by atoms with Gasteiger partial charge in [0.1, 0.15) is 10.4 Å². The van der Waals surface area contributed by atoms with Crippen molar-refractivity contribution < 1.29 is 0 Å². The van der Waals surface area contributed by atoms with Crippen LogP contribution in [0.2, 0.25) is 0 Å². The van der Waals surface area contributed by atoms with Crippen molar-refractivity contribution in [2.24, 2.45) is 0 Å². The first kappa shape index (κ1) is 10.4. The zero-order valence-corrected chi connectivity index (χ0v) is 10.2. The van der Waals surface area contributed by atoms with Crippen LogP contribution >= 0.6 is 15.9 Å². The van der Waals surface area contributed by atoms with Crippen LogP contribution in [0.5, 0.6) is 0 Å². The maximum absolute atomic E-state index is 4.50. The van der Waals surface area contributed by atoms with E-state index in [4.69, 9.17) is 0 Å². The highest BCUT2D eigenvalue weighted by Crippen LogP contribution is 2.21. The number of aromatic amines is 1. The van der Waals surface area contributed by atoms with Gasteiger partial charge in [0.05, 0.1) is 11.4 Å². The minimum Gasteiger partial charge on any atom is -0.360 e. The molecular formula is C11H12BrN3. The molecule has 0 bridgehead atoms. The summed E-state index contributed by atoms with van der Waals surface area (Å²) in [5.41, 5.74) is 1.94. The van der Waals surface area contributed by atoms with Gasteiger partial charge in [-0.05, 0) is 34.1 Å². The fraction of sp³-hybridized carbons (Fsp3) is 0.273. The third kappa shape index (κ3) is 2.26. The molecular weight excluding hydrogens is 254 g/mol. The summed E-state index contributed by atoms with van der Waals surface area (Å²) >= 11 is 3.40. The Morgan fingerprint density at radius 1 is 1.33 bits per heavy atom.